The molecule has 2 rings (SSSR count). The highest BCUT2D eigenvalue weighted by Crippen LogP contribution is 2.29. The molecular formula is C21H25NO4. The first-order chi connectivity index (χ1) is 12.7. The first-order valence-corrected chi connectivity index (χ1v) is 8.77. The summed E-state index contributed by atoms with van der Waals surface area (Å²) in [6.45, 7) is 7.44. The van der Waals surface area contributed by atoms with E-state index in [-0.39, 0.29) is 5.91 Å². The van der Waals surface area contributed by atoms with Crippen molar-refractivity contribution in [2.24, 2.45) is 0 Å². The van der Waals surface area contributed by atoms with E-state index >= 15 is 0 Å². The number of amides is 1. The summed E-state index contributed by atoms with van der Waals surface area (Å²) in [7, 11) is 0. The van der Waals surface area contributed by atoms with Crippen LogP contribution in [0.25, 0.3) is 6.08 Å². The minimum Gasteiger partial charge on any atom is -0.494 e. The van der Waals surface area contributed by atoms with E-state index in [9.17, 15) is 4.79 Å². The molecule has 0 aromatic heterocycles. The van der Waals surface area contributed by atoms with Crippen LogP contribution in [0.5, 0.6) is 17.2 Å². The van der Waals surface area contributed by atoms with Gasteiger partial charge in [-0.25, -0.2) is 0 Å². The molecule has 1 amide bonds. The maximum atomic E-state index is 12.3. The van der Waals surface area contributed by atoms with E-state index < -0.39 is 0 Å². The maximum absolute atomic E-state index is 12.3. The summed E-state index contributed by atoms with van der Waals surface area (Å²) in [4.78, 5) is 12.3. The van der Waals surface area contributed by atoms with Crippen LogP contribution in [0.1, 0.15) is 26.3 Å². The van der Waals surface area contributed by atoms with Gasteiger partial charge in [-0.3, -0.25) is 4.79 Å². The second kappa shape index (κ2) is 10.1. The van der Waals surface area contributed by atoms with Crippen LogP contribution in [-0.4, -0.2) is 25.7 Å². The molecule has 0 fully saturated rings. The lowest BCUT2D eigenvalue weighted by molar-refractivity contribution is -0.111. The van der Waals surface area contributed by atoms with Gasteiger partial charge in [0.05, 0.1) is 25.5 Å². The molecule has 0 radical (unpaired) electrons. The van der Waals surface area contributed by atoms with E-state index in [1.165, 1.54) is 6.08 Å². The van der Waals surface area contributed by atoms with Crippen LogP contribution in [0.15, 0.2) is 48.5 Å². The normalized spacial score (nSPS) is 10.6. The van der Waals surface area contributed by atoms with Gasteiger partial charge in [-0.1, -0.05) is 12.1 Å². The molecule has 5 nitrogen and oxygen atoms in total. The van der Waals surface area contributed by atoms with Crippen molar-refractivity contribution in [2.45, 2.75) is 20.8 Å². The van der Waals surface area contributed by atoms with E-state index in [4.69, 9.17) is 14.2 Å². The van der Waals surface area contributed by atoms with Crippen LogP contribution in [0, 0.1) is 0 Å². The third-order valence-electron chi connectivity index (χ3n) is 3.44. The Morgan fingerprint density at radius 1 is 0.885 bits per heavy atom. The molecular weight excluding hydrogens is 330 g/mol. The third-order valence-corrected chi connectivity index (χ3v) is 3.44. The first-order valence-electron chi connectivity index (χ1n) is 8.77. The van der Waals surface area contributed by atoms with E-state index in [2.05, 4.69) is 5.32 Å². The Hall–Kier alpha value is -2.95. The number of hydrogen-bond acceptors (Lipinski definition) is 4. The molecule has 0 aliphatic rings. The average Bonchev–Trinajstić information content (AvgIpc) is 2.64. The fourth-order valence-corrected chi connectivity index (χ4v) is 2.33. The van der Waals surface area contributed by atoms with E-state index in [0.717, 1.165) is 11.3 Å². The Morgan fingerprint density at radius 3 is 2.15 bits per heavy atom. The molecule has 0 unspecified atom stereocenters. The lowest BCUT2D eigenvalue weighted by Gasteiger charge is -2.12. The van der Waals surface area contributed by atoms with Crippen molar-refractivity contribution in [1.82, 2.24) is 0 Å². The van der Waals surface area contributed by atoms with Crippen molar-refractivity contribution in [1.29, 1.82) is 0 Å². The lowest BCUT2D eigenvalue weighted by Crippen LogP contribution is -2.10. The van der Waals surface area contributed by atoms with Crippen molar-refractivity contribution in [2.75, 3.05) is 25.1 Å². The zero-order valence-electron chi connectivity index (χ0n) is 15.5. The zero-order valence-corrected chi connectivity index (χ0v) is 15.5. The topological polar surface area (TPSA) is 56.8 Å². The summed E-state index contributed by atoms with van der Waals surface area (Å²) in [5.74, 6) is 1.86. The number of carbonyl (C=O) groups excluding carboxylic acids is 1. The maximum Gasteiger partial charge on any atom is 0.248 e. The van der Waals surface area contributed by atoms with Gasteiger partial charge in [0, 0.05) is 12.1 Å². The van der Waals surface area contributed by atoms with E-state index in [1.807, 2.05) is 51.1 Å². The van der Waals surface area contributed by atoms with Crippen LogP contribution < -0.4 is 19.5 Å². The highest BCUT2D eigenvalue weighted by atomic mass is 16.5. The van der Waals surface area contributed by atoms with Crippen molar-refractivity contribution in [3.8, 4) is 17.2 Å². The Morgan fingerprint density at radius 2 is 1.50 bits per heavy atom. The molecule has 0 saturated carbocycles. The van der Waals surface area contributed by atoms with Crippen molar-refractivity contribution in [3.05, 3.63) is 54.1 Å². The number of anilines is 1. The fraction of sp³-hybridized carbons (Fsp3) is 0.286. The number of benzene rings is 2. The molecule has 0 aliphatic carbocycles. The molecule has 0 aliphatic heterocycles. The molecule has 26 heavy (non-hydrogen) atoms. The van der Waals surface area contributed by atoms with Crippen LogP contribution in [0.4, 0.5) is 5.69 Å². The smallest absolute Gasteiger partial charge is 0.248 e. The molecule has 0 spiro atoms. The molecule has 0 saturated heterocycles. The number of carbonyl (C=O) groups is 1. The molecule has 0 bridgehead atoms. The monoisotopic (exact) mass is 355 g/mol. The van der Waals surface area contributed by atoms with Crippen LogP contribution in [0.2, 0.25) is 0 Å². The van der Waals surface area contributed by atoms with Gasteiger partial charge in [0.1, 0.15) is 17.2 Å². The Kier molecular flexibility index (Phi) is 7.55. The Bertz CT molecular complexity index is 738. The van der Waals surface area contributed by atoms with Gasteiger partial charge in [-0.15, -0.1) is 0 Å². The van der Waals surface area contributed by atoms with Gasteiger partial charge in [0.2, 0.25) is 5.91 Å². The summed E-state index contributed by atoms with van der Waals surface area (Å²) >= 11 is 0. The Labute approximate surface area is 154 Å². The minimum absolute atomic E-state index is 0.242. The number of ether oxygens (including phenoxy) is 3. The van der Waals surface area contributed by atoms with Gasteiger partial charge in [-0.2, -0.15) is 0 Å². The van der Waals surface area contributed by atoms with Gasteiger partial charge in [0.25, 0.3) is 0 Å². The van der Waals surface area contributed by atoms with Gasteiger partial charge < -0.3 is 19.5 Å². The fourth-order valence-electron chi connectivity index (χ4n) is 2.33. The van der Waals surface area contributed by atoms with Crippen LogP contribution >= 0.6 is 0 Å². The average molecular weight is 355 g/mol. The zero-order chi connectivity index (χ0) is 18.8. The van der Waals surface area contributed by atoms with Crippen molar-refractivity contribution >= 4 is 17.7 Å². The standard InChI is InChI=1S/C21H25NO4/c1-4-24-17-10-7-16(8-11-17)9-14-21(23)22-19-15-18(25-5-2)12-13-20(19)26-6-3/h7-15H,4-6H2,1-3H3,(H,22,23). The minimum atomic E-state index is -0.242. The molecule has 2 aromatic rings. The molecule has 138 valence electrons. The van der Waals surface area contributed by atoms with Crippen molar-refractivity contribution in [3.63, 3.8) is 0 Å². The van der Waals surface area contributed by atoms with Gasteiger partial charge in [-0.05, 0) is 56.7 Å². The molecule has 0 heterocycles. The predicted molar refractivity (Wildman–Crippen MR) is 104 cm³/mol. The highest BCUT2D eigenvalue weighted by Gasteiger charge is 2.08. The second-order valence-corrected chi connectivity index (χ2v) is 5.35. The van der Waals surface area contributed by atoms with Crippen LogP contribution in [0.3, 0.4) is 0 Å². The summed E-state index contributed by atoms with van der Waals surface area (Å²) in [6, 6.07) is 12.9. The van der Waals surface area contributed by atoms with Gasteiger partial charge >= 0.3 is 0 Å². The highest BCUT2D eigenvalue weighted by molar-refractivity contribution is 6.02. The summed E-state index contributed by atoms with van der Waals surface area (Å²) < 4.78 is 16.4. The molecule has 1 N–H and O–H groups in total. The third kappa shape index (κ3) is 5.84. The largest absolute Gasteiger partial charge is 0.494 e. The summed E-state index contributed by atoms with van der Waals surface area (Å²) in [6.07, 6.45) is 3.23. The summed E-state index contributed by atoms with van der Waals surface area (Å²) in [5, 5.41) is 2.84. The van der Waals surface area contributed by atoms with Gasteiger partial charge in [0.15, 0.2) is 0 Å². The quantitative estimate of drug-likeness (QED) is 0.671. The molecule has 2 aromatic carbocycles. The SMILES string of the molecule is CCOc1ccc(C=CC(=O)Nc2cc(OCC)ccc2OCC)cc1. The van der Waals surface area contributed by atoms with E-state index in [0.29, 0.717) is 37.0 Å². The van der Waals surface area contributed by atoms with Crippen LogP contribution in [-0.2, 0) is 4.79 Å². The Balaban J connectivity index is 2.06. The molecule has 5 heteroatoms. The van der Waals surface area contributed by atoms with E-state index in [1.54, 1.807) is 18.2 Å². The number of nitrogens with one attached hydrogen (secondary N) is 1. The summed E-state index contributed by atoms with van der Waals surface area (Å²) in [5.41, 5.74) is 1.50. The first kappa shape index (κ1) is 19.4. The second-order valence-electron chi connectivity index (χ2n) is 5.35. The number of hydrogen-bond donors (Lipinski definition) is 1. The predicted octanol–water partition coefficient (Wildman–Crippen LogP) is 4.53. The van der Waals surface area contributed by atoms with Crippen molar-refractivity contribution < 1.29 is 19.0 Å². The number of rotatable bonds is 9. The lowest BCUT2D eigenvalue weighted by atomic mass is 10.2. The molecule has 0 atom stereocenters.